The second-order valence-corrected chi connectivity index (χ2v) is 13.2. The van der Waals surface area contributed by atoms with E-state index in [4.69, 9.17) is 11.5 Å². The smallest absolute Gasteiger partial charge is 0.101 e. The summed E-state index contributed by atoms with van der Waals surface area (Å²) in [5.41, 5.74) is 19.1. The van der Waals surface area contributed by atoms with Gasteiger partial charge >= 0.3 is 0 Å². The molecule has 0 amide bonds. The van der Waals surface area contributed by atoms with Crippen molar-refractivity contribution in [3.05, 3.63) is 96.8 Å². The number of likely N-dealkylation sites (N-methyl/N-ethyl adjacent to an activating group) is 2. The molecule has 43 heavy (non-hydrogen) atoms. The summed E-state index contributed by atoms with van der Waals surface area (Å²) < 4.78 is 0. The second-order valence-electron chi connectivity index (χ2n) is 13.2. The van der Waals surface area contributed by atoms with Crippen LogP contribution >= 0.6 is 0 Å². The molecule has 0 heterocycles. The molecule has 0 aromatic heterocycles. The lowest BCUT2D eigenvalue weighted by Crippen LogP contribution is -2.45. The van der Waals surface area contributed by atoms with Crippen LogP contribution < -0.4 is 16.8 Å². The number of nitrogens with zero attached hydrogens (tertiary/aromatic N) is 3. The van der Waals surface area contributed by atoms with E-state index in [1.165, 1.54) is 11.1 Å². The summed E-state index contributed by atoms with van der Waals surface area (Å²) in [5, 5.41) is 3.57. The van der Waals surface area contributed by atoms with Gasteiger partial charge in [-0.15, -0.1) is 0 Å². The molecule has 0 aliphatic carbocycles. The van der Waals surface area contributed by atoms with Gasteiger partial charge in [0.1, 0.15) is 5.82 Å². The molecule has 0 bridgehead atoms. The zero-order valence-electron chi connectivity index (χ0n) is 29.0. The number of hydrogen-bond donors (Lipinski definition) is 3. The molecule has 1 aromatic rings. The van der Waals surface area contributed by atoms with Crippen molar-refractivity contribution in [1.82, 2.24) is 20.0 Å². The SMILES string of the molecule is C=C(N[C@H](C(=C)N)[C@@H](C)CC(=C)C(Cc1ccc(C)cc1)N(C)C(=C)N(CCCC)C(=C)C(N)CC(C)C)C(C)N(C)C. The lowest BCUT2D eigenvalue weighted by Gasteiger charge is -2.41. The highest BCUT2D eigenvalue weighted by atomic mass is 15.3. The van der Waals surface area contributed by atoms with Crippen LogP contribution in [0.25, 0.3) is 0 Å². The van der Waals surface area contributed by atoms with Gasteiger partial charge in [0, 0.05) is 42.8 Å². The lowest BCUT2D eigenvalue weighted by atomic mass is 9.87. The van der Waals surface area contributed by atoms with Crippen LogP contribution in [0, 0.1) is 18.8 Å². The summed E-state index contributed by atoms with van der Waals surface area (Å²) in [6.45, 7) is 36.0. The van der Waals surface area contributed by atoms with E-state index in [1.54, 1.807) is 0 Å². The van der Waals surface area contributed by atoms with E-state index in [1.807, 2.05) is 14.1 Å². The predicted octanol–water partition coefficient (Wildman–Crippen LogP) is 6.78. The van der Waals surface area contributed by atoms with Crippen molar-refractivity contribution in [3.8, 4) is 0 Å². The zero-order valence-corrected chi connectivity index (χ0v) is 29.0. The Balaban J connectivity index is 3.36. The van der Waals surface area contributed by atoms with Gasteiger partial charge in [-0.25, -0.2) is 0 Å². The maximum Gasteiger partial charge on any atom is 0.101 e. The van der Waals surface area contributed by atoms with Gasteiger partial charge in [0.05, 0.1) is 12.1 Å². The molecule has 0 aliphatic heterocycles. The highest BCUT2D eigenvalue weighted by molar-refractivity contribution is 5.26. The molecule has 0 radical (unpaired) electrons. The van der Waals surface area contributed by atoms with Gasteiger partial charge in [0.25, 0.3) is 0 Å². The van der Waals surface area contributed by atoms with Crippen LogP contribution in [0.3, 0.4) is 0 Å². The number of hydrogen-bond acceptors (Lipinski definition) is 6. The van der Waals surface area contributed by atoms with Crippen LogP contribution in [-0.4, -0.2) is 66.6 Å². The topological polar surface area (TPSA) is 73.8 Å². The van der Waals surface area contributed by atoms with Gasteiger partial charge in [0.15, 0.2) is 0 Å². The van der Waals surface area contributed by atoms with Crippen LogP contribution in [0.4, 0.5) is 0 Å². The number of rotatable bonds is 21. The first-order valence-electron chi connectivity index (χ1n) is 15.9. The molecule has 1 rings (SSSR count). The Labute approximate surface area is 265 Å². The van der Waals surface area contributed by atoms with Crippen molar-refractivity contribution < 1.29 is 0 Å². The van der Waals surface area contributed by atoms with E-state index >= 15 is 0 Å². The second kappa shape index (κ2) is 18.0. The highest BCUT2D eigenvalue weighted by Gasteiger charge is 2.29. The normalized spacial score (nSPS) is 14.9. The Morgan fingerprint density at radius 1 is 0.953 bits per heavy atom. The minimum Gasteiger partial charge on any atom is -0.401 e. The summed E-state index contributed by atoms with van der Waals surface area (Å²) >= 11 is 0. The van der Waals surface area contributed by atoms with E-state index in [9.17, 15) is 0 Å². The van der Waals surface area contributed by atoms with Crippen LogP contribution in [0.2, 0.25) is 0 Å². The fourth-order valence-electron chi connectivity index (χ4n) is 5.37. The first-order valence-corrected chi connectivity index (χ1v) is 15.9. The lowest BCUT2D eigenvalue weighted by molar-refractivity contribution is 0.221. The van der Waals surface area contributed by atoms with Crippen molar-refractivity contribution in [2.24, 2.45) is 23.3 Å². The molecule has 3 unspecified atom stereocenters. The minimum absolute atomic E-state index is 0.00601. The summed E-state index contributed by atoms with van der Waals surface area (Å²) in [5.74, 6) is 1.52. The molecule has 5 atom stereocenters. The Kier molecular flexibility index (Phi) is 15.9. The minimum atomic E-state index is -0.130. The molecule has 0 fully saturated rings. The van der Waals surface area contributed by atoms with Gasteiger partial charge < -0.3 is 31.5 Å². The van der Waals surface area contributed by atoms with Crippen LogP contribution in [0.5, 0.6) is 0 Å². The summed E-state index contributed by atoms with van der Waals surface area (Å²) in [4.78, 5) is 6.62. The number of benzene rings is 1. The van der Waals surface area contributed by atoms with Crippen molar-refractivity contribution in [1.29, 1.82) is 0 Å². The van der Waals surface area contributed by atoms with Gasteiger partial charge in [0.2, 0.25) is 0 Å². The molecule has 0 aliphatic rings. The quantitative estimate of drug-likeness (QED) is 0.137. The predicted molar refractivity (Wildman–Crippen MR) is 189 cm³/mol. The van der Waals surface area contributed by atoms with Crippen molar-refractivity contribution >= 4 is 0 Å². The maximum atomic E-state index is 6.65. The number of nitrogens with two attached hydrogens (primary N) is 2. The van der Waals surface area contributed by atoms with Crippen molar-refractivity contribution in [3.63, 3.8) is 0 Å². The summed E-state index contributed by atoms with van der Waals surface area (Å²) in [6.07, 6.45) is 4.55. The Morgan fingerprint density at radius 3 is 2.02 bits per heavy atom. The molecule has 0 saturated carbocycles. The number of unbranched alkanes of at least 4 members (excludes halogenated alkanes) is 1. The molecule has 242 valence electrons. The number of aryl methyl sites for hydroxylation is 1. The Hall–Kier alpha value is -2.96. The molecular formula is C37H64N6. The van der Waals surface area contributed by atoms with Crippen LogP contribution in [0.1, 0.15) is 71.4 Å². The summed E-state index contributed by atoms with van der Waals surface area (Å²) in [6, 6.07) is 8.67. The van der Waals surface area contributed by atoms with Crippen molar-refractivity contribution in [2.45, 2.75) is 97.8 Å². The third kappa shape index (κ3) is 11.9. The van der Waals surface area contributed by atoms with Crippen LogP contribution in [0.15, 0.2) is 85.6 Å². The van der Waals surface area contributed by atoms with Crippen LogP contribution in [-0.2, 0) is 6.42 Å². The third-order valence-electron chi connectivity index (χ3n) is 8.61. The molecule has 1 aromatic carbocycles. The van der Waals surface area contributed by atoms with E-state index < -0.39 is 0 Å². The fraction of sp³-hybridized carbons (Fsp3) is 0.568. The molecule has 6 heteroatoms. The molecule has 0 saturated heterocycles. The first kappa shape index (κ1) is 38.1. The van der Waals surface area contributed by atoms with Gasteiger partial charge in [-0.2, -0.15) is 0 Å². The first-order chi connectivity index (χ1) is 20.0. The van der Waals surface area contributed by atoms with E-state index in [2.05, 4.69) is 126 Å². The van der Waals surface area contributed by atoms with Crippen molar-refractivity contribution in [2.75, 3.05) is 27.7 Å². The molecular weight excluding hydrogens is 528 g/mol. The van der Waals surface area contributed by atoms with E-state index in [0.717, 1.165) is 61.4 Å². The fourth-order valence-corrected chi connectivity index (χ4v) is 5.37. The maximum absolute atomic E-state index is 6.65. The average molecular weight is 593 g/mol. The molecule has 0 spiro atoms. The highest BCUT2D eigenvalue weighted by Crippen LogP contribution is 2.29. The van der Waals surface area contributed by atoms with Gasteiger partial charge in [-0.05, 0) is 71.0 Å². The Morgan fingerprint density at radius 2 is 1.53 bits per heavy atom. The third-order valence-corrected chi connectivity index (χ3v) is 8.61. The average Bonchev–Trinajstić information content (AvgIpc) is 2.93. The largest absolute Gasteiger partial charge is 0.401 e. The Bertz CT molecular complexity index is 1070. The van der Waals surface area contributed by atoms with E-state index in [0.29, 0.717) is 11.6 Å². The molecule has 6 nitrogen and oxygen atoms in total. The van der Waals surface area contributed by atoms with E-state index in [-0.39, 0.29) is 30.1 Å². The van der Waals surface area contributed by atoms with Gasteiger partial charge in [-0.3, -0.25) is 0 Å². The molecule has 5 N–H and O–H groups in total. The summed E-state index contributed by atoms with van der Waals surface area (Å²) in [7, 11) is 6.21. The number of nitrogens with one attached hydrogen (secondary N) is 1. The standard InChI is InChI=1S/C37H64N6/c1-15-16-21-43(32(10)35(39)22-25(2)3)33(11)42(14)36(24-34-19-17-26(4)18-20-34)27(5)23-28(6)37(29(7)38)40-30(8)31(9)41(12)13/h17-20,25,28,31,35-37,40H,5,7-8,10-11,15-16,21-24,38-39H2,1-4,6,9,12-14H3/t28-,31?,35?,36?,37-/m0/s1. The monoisotopic (exact) mass is 593 g/mol. The zero-order chi connectivity index (χ0) is 33.0. The van der Waals surface area contributed by atoms with Gasteiger partial charge in [-0.1, -0.05) is 102 Å².